The second kappa shape index (κ2) is 5.30. The Balaban J connectivity index is 2.33. The molecule has 0 spiro atoms. The summed E-state index contributed by atoms with van der Waals surface area (Å²) in [6, 6.07) is 4.38. The quantitative estimate of drug-likeness (QED) is 0.645. The highest BCUT2D eigenvalue weighted by Crippen LogP contribution is 2.27. The average molecular weight is 389 g/mol. The van der Waals surface area contributed by atoms with Crippen LogP contribution in [0.1, 0.15) is 0 Å². The van der Waals surface area contributed by atoms with Crippen molar-refractivity contribution in [1.82, 2.24) is 9.97 Å². The first-order valence-corrected chi connectivity index (χ1v) is 8.20. The van der Waals surface area contributed by atoms with Crippen molar-refractivity contribution in [2.24, 2.45) is 0 Å². The lowest BCUT2D eigenvalue weighted by atomic mass is 10.6. The number of nitrogens with one attached hydrogen (secondary N) is 1. The molecule has 0 atom stereocenters. The van der Waals surface area contributed by atoms with E-state index in [1.165, 1.54) is 12.1 Å². The zero-order chi connectivity index (χ0) is 13.3. The van der Waals surface area contributed by atoms with E-state index in [2.05, 4.69) is 30.6 Å². The maximum atomic E-state index is 12.0. The molecule has 18 heavy (non-hydrogen) atoms. The van der Waals surface area contributed by atoms with Crippen LogP contribution in [0, 0.1) is 0 Å². The normalized spacial score (nSPS) is 11.5. The Morgan fingerprint density at radius 3 is 2.56 bits per heavy atom. The van der Waals surface area contributed by atoms with Crippen molar-refractivity contribution in [2.75, 3.05) is 4.72 Å². The van der Waals surface area contributed by atoms with Crippen LogP contribution in [-0.2, 0) is 10.0 Å². The van der Waals surface area contributed by atoms with Crippen molar-refractivity contribution >= 4 is 66.3 Å². The fourth-order valence-electron chi connectivity index (χ4n) is 1.07. The highest BCUT2D eigenvalue weighted by Gasteiger charge is 2.17. The van der Waals surface area contributed by atoms with Gasteiger partial charge in [-0.1, -0.05) is 11.6 Å². The van der Waals surface area contributed by atoms with Crippen LogP contribution in [0.25, 0.3) is 0 Å². The number of hydrogen-bond donors (Lipinski definition) is 1. The van der Waals surface area contributed by atoms with Gasteiger partial charge in [-0.3, -0.25) is 4.72 Å². The van der Waals surface area contributed by atoms with Crippen LogP contribution in [0.3, 0.4) is 0 Å². The first-order chi connectivity index (χ1) is 8.37. The smallest absolute Gasteiger partial charge is 0.262 e. The maximum absolute atomic E-state index is 12.0. The zero-order valence-corrected chi connectivity index (χ0v) is 13.1. The molecule has 2 heterocycles. The molecule has 0 aromatic carbocycles. The van der Waals surface area contributed by atoms with E-state index < -0.39 is 10.0 Å². The highest BCUT2D eigenvalue weighted by atomic mass is 79.9. The number of halogens is 3. The molecular weight excluding hydrogens is 385 g/mol. The van der Waals surface area contributed by atoms with E-state index in [-0.39, 0.29) is 20.5 Å². The number of sulfonamides is 1. The SMILES string of the molecule is O=S(=O)(Nc1cc(Cl)nc(Cl)n1)c1ccc(Br)s1. The van der Waals surface area contributed by atoms with Crippen LogP contribution in [0.2, 0.25) is 10.4 Å². The van der Waals surface area contributed by atoms with Gasteiger partial charge in [0, 0.05) is 6.07 Å². The van der Waals surface area contributed by atoms with Gasteiger partial charge in [0.15, 0.2) is 0 Å². The molecule has 2 aromatic heterocycles. The average Bonchev–Trinajstić information content (AvgIpc) is 2.62. The van der Waals surface area contributed by atoms with Gasteiger partial charge in [0.25, 0.3) is 10.0 Å². The number of thiophene rings is 1. The van der Waals surface area contributed by atoms with E-state index in [9.17, 15) is 8.42 Å². The second-order valence-corrected chi connectivity index (χ2v) is 8.11. The molecule has 0 aliphatic rings. The third kappa shape index (κ3) is 3.33. The molecule has 2 aromatic rings. The van der Waals surface area contributed by atoms with E-state index in [0.717, 1.165) is 11.3 Å². The van der Waals surface area contributed by atoms with Crippen LogP contribution < -0.4 is 4.72 Å². The number of hydrogen-bond acceptors (Lipinski definition) is 5. The monoisotopic (exact) mass is 387 g/mol. The van der Waals surface area contributed by atoms with Crippen LogP contribution in [-0.4, -0.2) is 18.4 Å². The van der Waals surface area contributed by atoms with Crippen LogP contribution in [0.15, 0.2) is 26.2 Å². The number of rotatable bonds is 3. The van der Waals surface area contributed by atoms with Gasteiger partial charge < -0.3 is 0 Å². The van der Waals surface area contributed by atoms with Gasteiger partial charge in [-0.25, -0.2) is 13.4 Å². The number of aromatic nitrogens is 2. The summed E-state index contributed by atoms with van der Waals surface area (Å²) < 4.78 is 27.1. The van der Waals surface area contributed by atoms with Gasteiger partial charge in [0.2, 0.25) is 5.28 Å². The minimum absolute atomic E-state index is 0.0181. The van der Waals surface area contributed by atoms with Crippen molar-refractivity contribution in [3.8, 4) is 0 Å². The lowest BCUT2D eigenvalue weighted by Gasteiger charge is -2.05. The molecule has 5 nitrogen and oxygen atoms in total. The minimum Gasteiger partial charge on any atom is -0.262 e. The summed E-state index contributed by atoms with van der Waals surface area (Å²) in [5, 5.41) is -0.0763. The fraction of sp³-hybridized carbons (Fsp3) is 0. The van der Waals surface area contributed by atoms with Gasteiger partial charge >= 0.3 is 0 Å². The molecule has 0 bridgehead atoms. The Labute approximate surface area is 125 Å². The lowest BCUT2D eigenvalue weighted by Crippen LogP contribution is -2.12. The standard InChI is InChI=1S/C8H4BrCl2N3O2S2/c9-4-1-2-7(17-4)18(15,16)14-6-3-5(10)12-8(11)13-6/h1-3H,(H,12,13,14). The number of anilines is 1. The van der Waals surface area contributed by atoms with E-state index in [4.69, 9.17) is 23.2 Å². The predicted octanol–water partition coefficient (Wildman–Crippen LogP) is 3.41. The molecule has 0 aliphatic heterocycles. The number of nitrogens with zero attached hydrogens (tertiary/aromatic N) is 2. The third-order valence-electron chi connectivity index (χ3n) is 1.72. The first-order valence-electron chi connectivity index (χ1n) is 4.35. The Kier molecular flexibility index (Phi) is 4.12. The molecule has 0 amide bonds. The van der Waals surface area contributed by atoms with Crippen molar-refractivity contribution in [3.63, 3.8) is 0 Å². The summed E-state index contributed by atoms with van der Waals surface area (Å²) >= 11 is 15.5. The predicted molar refractivity (Wildman–Crippen MR) is 74.9 cm³/mol. The van der Waals surface area contributed by atoms with Crippen LogP contribution >= 0.6 is 50.5 Å². The molecule has 96 valence electrons. The molecule has 1 N–H and O–H groups in total. The van der Waals surface area contributed by atoms with Gasteiger partial charge in [-0.05, 0) is 39.7 Å². The van der Waals surface area contributed by atoms with E-state index in [1.54, 1.807) is 6.07 Å². The van der Waals surface area contributed by atoms with Crippen molar-refractivity contribution < 1.29 is 8.42 Å². The molecule has 0 saturated heterocycles. The fourth-order valence-corrected chi connectivity index (χ4v) is 4.48. The van der Waals surface area contributed by atoms with Gasteiger partial charge in [-0.15, -0.1) is 11.3 Å². The summed E-state index contributed by atoms with van der Waals surface area (Å²) in [4.78, 5) is 7.35. The molecule has 0 radical (unpaired) electrons. The van der Waals surface area contributed by atoms with Crippen molar-refractivity contribution in [3.05, 3.63) is 32.4 Å². The first kappa shape index (κ1) is 14.0. The molecule has 0 unspecified atom stereocenters. The molecule has 0 saturated carbocycles. The van der Waals surface area contributed by atoms with Crippen molar-refractivity contribution in [1.29, 1.82) is 0 Å². The minimum atomic E-state index is -3.70. The van der Waals surface area contributed by atoms with Crippen molar-refractivity contribution in [2.45, 2.75) is 4.21 Å². The highest BCUT2D eigenvalue weighted by molar-refractivity contribution is 9.11. The lowest BCUT2D eigenvalue weighted by molar-refractivity contribution is 0.603. The van der Waals surface area contributed by atoms with Gasteiger partial charge in [0.05, 0.1) is 3.79 Å². The molecule has 2 rings (SSSR count). The summed E-state index contributed by atoms with van der Waals surface area (Å²) in [7, 11) is -3.70. The Bertz CT molecular complexity index is 669. The van der Waals surface area contributed by atoms with E-state index >= 15 is 0 Å². The summed E-state index contributed by atoms with van der Waals surface area (Å²) in [5.74, 6) is 0.0181. The topological polar surface area (TPSA) is 72.0 Å². The molecule has 0 aliphatic carbocycles. The van der Waals surface area contributed by atoms with E-state index in [0.29, 0.717) is 3.79 Å². The zero-order valence-electron chi connectivity index (χ0n) is 8.39. The summed E-state index contributed by atoms with van der Waals surface area (Å²) in [6.07, 6.45) is 0. The maximum Gasteiger partial charge on any atom is 0.272 e. The molecule has 0 fully saturated rings. The Hall–Kier alpha value is -0.410. The Morgan fingerprint density at radius 1 is 1.28 bits per heavy atom. The largest absolute Gasteiger partial charge is 0.272 e. The Morgan fingerprint density at radius 2 is 2.00 bits per heavy atom. The molecule has 10 heteroatoms. The van der Waals surface area contributed by atoms with Crippen LogP contribution in [0.5, 0.6) is 0 Å². The summed E-state index contributed by atoms with van der Waals surface area (Å²) in [6.45, 7) is 0. The van der Waals surface area contributed by atoms with Gasteiger partial charge in [0.1, 0.15) is 15.2 Å². The van der Waals surface area contributed by atoms with Crippen LogP contribution in [0.4, 0.5) is 5.82 Å². The second-order valence-electron chi connectivity index (χ2n) is 3.01. The van der Waals surface area contributed by atoms with Gasteiger partial charge in [-0.2, -0.15) is 4.98 Å². The summed E-state index contributed by atoms with van der Waals surface area (Å²) in [5.41, 5.74) is 0. The van der Waals surface area contributed by atoms with E-state index in [1.807, 2.05) is 0 Å². The molecular formula is C8H4BrCl2N3O2S2. The third-order valence-corrected chi connectivity index (χ3v) is 5.55.